The Morgan fingerprint density at radius 3 is 2.59 bits per heavy atom. The number of hydrogen-bond donors (Lipinski definition) is 0. The third-order valence-corrected chi connectivity index (χ3v) is 3.36. The van der Waals surface area contributed by atoms with Crippen molar-refractivity contribution in [2.45, 2.75) is 13.3 Å². The van der Waals surface area contributed by atoms with E-state index in [0.717, 1.165) is 11.1 Å². The van der Waals surface area contributed by atoms with E-state index in [4.69, 9.17) is 9.47 Å². The van der Waals surface area contributed by atoms with Gasteiger partial charge in [0.05, 0.1) is 18.9 Å². The number of ether oxygens (including phenoxy) is 2. The van der Waals surface area contributed by atoms with Crippen molar-refractivity contribution in [3.8, 4) is 5.75 Å². The number of hydrogen-bond acceptors (Lipinski definition) is 5. The number of carbonyl (C=O) groups excluding carboxylic acids is 2. The predicted octanol–water partition coefficient (Wildman–Crippen LogP) is 1.87. The minimum Gasteiger partial charge on any atom is -0.465 e. The summed E-state index contributed by atoms with van der Waals surface area (Å²) >= 11 is 0. The van der Waals surface area contributed by atoms with Crippen molar-refractivity contribution in [3.63, 3.8) is 0 Å². The predicted molar refractivity (Wildman–Crippen MR) is 94.0 cm³/mol. The van der Waals surface area contributed by atoms with Gasteiger partial charge in [-0.15, -0.1) is 18.5 Å². The van der Waals surface area contributed by atoms with Gasteiger partial charge < -0.3 is 9.47 Å². The Bertz CT molecular complexity index is 546. The first-order valence-electron chi connectivity index (χ1n) is 6.99. The van der Waals surface area contributed by atoms with E-state index in [0.29, 0.717) is 31.5 Å². The van der Waals surface area contributed by atoms with Gasteiger partial charge in [0.2, 0.25) is 0 Å². The molecule has 0 N–H and O–H groups in total. The topological polar surface area (TPSA) is 65.0 Å². The number of rotatable bonds is 8. The summed E-state index contributed by atoms with van der Waals surface area (Å²) in [6.07, 6.45) is 2.81. The van der Waals surface area contributed by atoms with Crippen LogP contribution in [0.25, 0.3) is 0 Å². The molecule has 7 heteroatoms. The molecule has 22 heavy (non-hydrogen) atoms. The van der Waals surface area contributed by atoms with Crippen LogP contribution in [0.1, 0.15) is 18.1 Å². The molecule has 0 saturated heterocycles. The number of aliphatic imine (C=N–C) groups is 1. The molecule has 0 radical (unpaired) electrons. The van der Waals surface area contributed by atoms with Gasteiger partial charge in [-0.25, -0.2) is 0 Å². The van der Waals surface area contributed by atoms with Gasteiger partial charge in [-0.2, -0.15) is 0 Å². The van der Waals surface area contributed by atoms with Crippen LogP contribution >= 0.6 is 18.5 Å². The lowest BCUT2D eigenvalue weighted by atomic mass is 10.1. The molecule has 0 amide bonds. The molecule has 0 aliphatic rings. The lowest BCUT2D eigenvalue weighted by molar-refractivity contribution is -0.140. The normalized spacial score (nSPS) is 10.7. The smallest absolute Gasteiger partial charge is 0.315 e. The van der Waals surface area contributed by atoms with E-state index in [1.54, 1.807) is 12.3 Å². The van der Waals surface area contributed by atoms with Gasteiger partial charge in [0.15, 0.2) is 0 Å². The van der Waals surface area contributed by atoms with Crippen LogP contribution < -0.4 is 4.74 Å². The first-order valence-corrected chi connectivity index (χ1v) is 8.63. The summed E-state index contributed by atoms with van der Waals surface area (Å²) in [6.45, 7) is 2.90. The summed E-state index contributed by atoms with van der Waals surface area (Å²) in [5.41, 5.74) is 1.73. The summed E-state index contributed by atoms with van der Waals surface area (Å²) in [5, 5.41) is 0. The van der Waals surface area contributed by atoms with E-state index in [2.05, 4.69) is 23.5 Å². The van der Waals surface area contributed by atoms with Crippen LogP contribution in [0, 0.1) is 0 Å². The quantitative estimate of drug-likeness (QED) is 0.313. The standard InChI is InChI=1S/C15H21NO4P2/c1-2-16-8-12-7-11(5-6-19-14(17)9-21)3-4-13(12)20-15(18)10-22/h3-4,7-8H,2,5-6,9-10,21-22H2,1H3. The summed E-state index contributed by atoms with van der Waals surface area (Å²) in [4.78, 5) is 26.7. The molecule has 0 aliphatic heterocycles. The van der Waals surface area contributed by atoms with Gasteiger partial charge in [0, 0.05) is 24.7 Å². The fourth-order valence-electron chi connectivity index (χ4n) is 1.64. The Morgan fingerprint density at radius 1 is 1.23 bits per heavy atom. The third-order valence-electron chi connectivity index (χ3n) is 2.70. The maximum Gasteiger partial charge on any atom is 0.315 e. The Labute approximate surface area is 135 Å². The van der Waals surface area contributed by atoms with Crippen molar-refractivity contribution >= 4 is 36.6 Å². The molecule has 0 aromatic heterocycles. The SMILES string of the molecule is CCN=Cc1cc(CCOC(=O)CP)ccc1OC(=O)CP. The van der Waals surface area contributed by atoms with Crippen molar-refractivity contribution < 1.29 is 19.1 Å². The number of benzene rings is 1. The molecule has 0 heterocycles. The molecule has 0 saturated carbocycles. The Kier molecular flexibility index (Phi) is 8.88. The molecule has 2 unspecified atom stereocenters. The van der Waals surface area contributed by atoms with Crippen molar-refractivity contribution in [2.75, 3.05) is 25.5 Å². The van der Waals surface area contributed by atoms with Crippen LogP contribution in [-0.2, 0) is 20.7 Å². The fraction of sp³-hybridized carbons (Fsp3) is 0.400. The molecular formula is C15H21NO4P2. The first kappa shape index (κ1) is 18.7. The number of nitrogens with zero attached hydrogens (tertiary/aromatic N) is 1. The second-order valence-corrected chi connectivity index (χ2v) is 5.17. The maximum absolute atomic E-state index is 11.4. The average Bonchev–Trinajstić information content (AvgIpc) is 2.54. The summed E-state index contributed by atoms with van der Waals surface area (Å²) in [5.74, 6) is -0.0857. The molecule has 1 rings (SSSR count). The van der Waals surface area contributed by atoms with E-state index < -0.39 is 0 Å². The summed E-state index contributed by atoms with van der Waals surface area (Å²) in [6, 6.07) is 5.48. The maximum atomic E-state index is 11.4. The molecule has 0 bridgehead atoms. The monoisotopic (exact) mass is 341 g/mol. The highest BCUT2D eigenvalue weighted by Gasteiger charge is 2.08. The van der Waals surface area contributed by atoms with E-state index in [-0.39, 0.29) is 18.1 Å². The molecule has 120 valence electrons. The van der Waals surface area contributed by atoms with Crippen molar-refractivity contribution in [3.05, 3.63) is 29.3 Å². The van der Waals surface area contributed by atoms with Crippen LogP contribution in [-0.4, -0.2) is 43.6 Å². The molecule has 2 atom stereocenters. The summed E-state index contributed by atoms with van der Waals surface area (Å²) in [7, 11) is 4.66. The number of esters is 2. The van der Waals surface area contributed by atoms with Gasteiger partial charge in [0.1, 0.15) is 5.75 Å². The van der Waals surface area contributed by atoms with Crippen LogP contribution in [0.3, 0.4) is 0 Å². The Hall–Kier alpha value is -1.31. The van der Waals surface area contributed by atoms with Crippen LogP contribution in [0.4, 0.5) is 0 Å². The highest BCUT2D eigenvalue weighted by Crippen LogP contribution is 2.20. The van der Waals surface area contributed by atoms with Gasteiger partial charge in [0.25, 0.3) is 0 Å². The van der Waals surface area contributed by atoms with E-state index in [1.807, 2.05) is 19.1 Å². The Morgan fingerprint density at radius 2 is 1.95 bits per heavy atom. The van der Waals surface area contributed by atoms with Gasteiger partial charge in [-0.05, 0) is 24.6 Å². The largest absolute Gasteiger partial charge is 0.465 e. The molecule has 0 fully saturated rings. The zero-order valence-electron chi connectivity index (χ0n) is 12.6. The average molecular weight is 341 g/mol. The highest BCUT2D eigenvalue weighted by atomic mass is 31.0. The minimum atomic E-state index is -0.321. The number of carbonyl (C=O) groups is 2. The molecule has 1 aromatic rings. The molecule has 1 aromatic carbocycles. The van der Waals surface area contributed by atoms with Gasteiger partial charge in [-0.1, -0.05) is 6.07 Å². The third kappa shape index (κ3) is 6.64. The van der Waals surface area contributed by atoms with E-state index in [1.165, 1.54) is 0 Å². The molecule has 0 spiro atoms. The second-order valence-electron chi connectivity index (χ2n) is 4.35. The minimum absolute atomic E-state index is 0.233. The lowest BCUT2D eigenvalue weighted by Gasteiger charge is -2.09. The zero-order chi connectivity index (χ0) is 16.4. The van der Waals surface area contributed by atoms with E-state index >= 15 is 0 Å². The summed E-state index contributed by atoms with van der Waals surface area (Å²) < 4.78 is 10.3. The lowest BCUT2D eigenvalue weighted by Crippen LogP contribution is -2.11. The Balaban J connectivity index is 2.82. The van der Waals surface area contributed by atoms with Crippen LogP contribution in [0.5, 0.6) is 5.75 Å². The molecule has 0 aliphatic carbocycles. The van der Waals surface area contributed by atoms with Gasteiger partial charge in [-0.3, -0.25) is 14.6 Å². The fourth-order valence-corrected chi connectivity index (χ4v) is 1.84. The van der Waals surface area contributed by atoms with Crippen molar-refractivity contribution in [1.29, 1.82) is 0 Å². The first-order chi connectivity index (χ1) is 10.6. The molecule has 5 nitrogen and oxygen atoms in total. The highest BCUT2D eigenvalue weighted by molar-refractivity contribution is 7.18. The van der Waals surface area contributed by atoms with Crippen molar-refractivity contribution in [2.24, 2.45) is 4.99 Å². The van der Waals surface area contributed by atoms with Crippen molar-refractivity contribution in [1.82, 2.24) is 0 Å². The molecular weight excluding hydrogens is 320 g/mol. The zero-order valence-corrected chi connectivity index (χ0v) is 14.9. The van der Waals surface area contributed by atoms with E-state index in [9.17, 15) is 9.59 Å². The van der Waals surface area contributed by atoms with Crippen LogP contribution in [0.2, 0.25) is 0 Å². The van der Waals surface area contributed by atoms with Gasteiger partial charge >= 0.3 is 11.9 Å². The second kappa shape index (κ2) is 10.4. The van der Waals surface area contributed by atoms with Crippen LogP contribution in [0.15, 0.2) is 23.2 Å².